The number of hydrogen-bond acceptors (Lipinski definition) is 5. The van der Waals surface area contributed by atoms with Crippen LogP contribution in [0.25, 0.3) is 0 Å². The van der Waals surface area contributed by atoms with Crippen LogP contribution in [0.15, 0.2) is 41.2 Å². The second-order valence-electron chi connectivity index (χ2n) is 6.11. The predicted octanol–water partition coefficient (Wildman–Crippen LogP) is -0.835. The fraction of sp³-hybridized carbons (Fsp3) is 0.389. The number of carbonyl (C=O) groups is 1. The SMILES string of the molecule is COc1ccc([C@H](CNC(=O)c2ccc(=O)[nH]n2)[NH+]2CCOCC2)cc1. The highest BCUT2D eigenvalue weighted by atomic mass is 16.5. The Morgan fingerprint density at radius 3 is 2.62 bits per heavy atom. The summed E-state index contributed by atoms with van der Waals surface area (Å²) in [5.74, 6) is 0.485. The Kier molecular flexibility index (Phi) is 5.98. The van der Waals surface area contributed by atoms with E-state index in [1.807, 2.05) is 24.3 Å². The van der Waals surface area contributed by atoms with Crippen molar-refractivity contribution in [3.8, 4) is 5.75 Å². The maximum absolute atomic E-state index is 12.3. The van der Waals surface area contributed by atoms with Crippen molar-refractivity contribution in [1.82, 2.24) is 15.5 Å². The number of amides is 1. The number of methoxy groups -OCH3 is 1. The molecule has 0 saturated carbocycles. The Morgan fingerprint density at radius 2 is 2.00 bits per heavy atom. The summed E-state index contributed by atoms with van der Waals surface area (Å²) in [6.07, 6.45) is 0. The average Bonchev–Trinajstić information content (AvgIpc) is 2.70. The van der Waals surface area contributed by atoms with Gasteiger partial charge in [-0.25, -0.2) is 5.10 Å². The van der Waals surface area contributed by atoms with Crippen LogP contribution in [0.5, 0.6) is 5.75 Å². The van der Waals surface area contributed by atoms with E-state index < -0.39 is 0 Å². The summed E-state index contributed by atoms with van der Waals surface area (Å²) >= 11 is 0. The highest BCUT2D eigenvalue weighted by molar-refractivity contribution is 5.91. The van der Waals surface area contributed by atoms with Gasteiger partial charge in [-0.05, 0) is 30.3 Å². The zero-order valence-electron chi connectivity index (χ0n) is 14.7. The number of carbonyl (C=O) groups excluding carboxylic acids is 1. The first-order valence-electron chi connectivity index (χ1n) is 8.57. The quantitative estimate of drug-likeness (QED) is 0.625. The number of rotatable bonds is 6. The first-order chi connectivity index (χ1) is 12.7. The first kappa shape index (κ1) is 18.1. The molecule has 1 aliphatic heterocycles. The Labute approximate surface area is 151 Å². The van der Waals surface area contributed by atoms with Crippen molar-refractivity contribution in [3.05, 3.63) is 58.0 Å². The molecule has 1 aromatic carbocycles. The maximum atomic E-state index is 12.3. The van der Waals surface area contributed by atoms with Crippen LogP contribution in [0.2, 0.25) is 0 Å². The molecule has 138 valence electrons. The van der Waals surface area contributed by atoms with E-state index in [0.717, 1.165) is 24.4 Å². The lowest BCUT2D eigenvalue weighted by molar-refractivity contribution is -0.937. The summed E-state index contributed by atoms with van der Waals surface area (Å²) in [5, 5.41) is 8.97. The summed E-state index contributed by atoms with van der Waals surface area (Å²) in [6.45, 7) is 3.63. The zero-order valence-corrected chi connectivity index (χ0v) is 14.7. The Morgan fingerprint density at radius 1 is 1.27 bits per heavy atom. The van der Waals surface area contributed by atoms with Gasteiger partial charge in [-0.3, -0.25) is 9.59 Å². The molecule has 8 heteroatoms. The minimum absolute atomic E-state index is 0.0940. The molecule has 2 heterocycles. The molecular formula is C18H23N4O4+. The fourth-order valence-electron chi connectivity index (χ4n) is 3.07. The summed E-state index contributed by atoms with van der Waals surface area (Å²) in [4.78, 5) is 24.8. The lowest BCUT2D eigenvalue weighted by atomic mass is 10.0. The monoisotopic (exact) mass is 359 g/mol. The molecule has 0 bridgehead atoms. The summed E-state index contributed by atoms with van der Waals surface area (Å²) in [6, 6.07) is 10.7. The third-order valence-corrected chi connectivity index (χ3v) is 4.52. The van der Waals surface area contributed by atoms with Gasteiger partial charge in [0.25, 0.3) is 11.5 Å². The van der Waals surface area contributed by atoms with Crippen molar-refractivity contribution >= 4 is 5.91 Å². The van der Waals surface area contributed by atoms with Crippen molar-refractivity contribution in [2.45, 2.75) is 6.04 Å². The highest BCUT2D eigenvalue weighted by Crippen LogP contribution is 2.16. The van der Waals surface area contributed by atoms with Crippen LogP contribution in [0.3, 0.4) is 0 Å². The predicted molar refractivity (Wildman–Crippen MR) is 94.4 cm³/mol. The highest BCUT2D eigenvalue weighted by Gasteiger charge is 2.27. The molecule has 1 aliphatic rings. The van der Waals surface area contributed by atoms with Gasteiger partial charge < -0.3 is 19.7 Å². The number of quaternary nitrogens is 1. The van der Waals surface area contributed by atoms with Gasteiger partial charge in [0.2, 0.25) is 0 Å². The van der Waals surface area contributed by atoms with E-state index in [1.165, 1.54) is 17.0 Å². The molecule has 3 rings (SSSR count). The molecule has 2 aromatic rings. The van der Waals surface area contributed by atoms with Crippen LogP contribution in [-0.2, 0) is 4.74 Å². The third kappa shape index (κ3) is 4.47. The van der Waals surface area contributed by atoms with E-state index in [2.05, 4.69) is 15.5 Å². The fourth-order valence-corrected chi connectivity index (χ4v) is 3.07. The van der Waals surface area contributed by atoms with E-state index in [9.17, 15) is 9.59 Å². The Balaban J connectivity index is 1.73. The van der Waals surface area contributed by atoms with Gasteiger partial charge in [0.15, 0.2) is 0 Å². The van der Waals surface area contributed by atoms with Gasteiger partial charge in [-0.1, -0.05) is 0 Å². The van der Waals surface area contributed by atoms with Crippen LogP contribution in [-0.4, -0.2) is 56.1 Å². The van der Waals surface area contributed by atoms with Crippen molar-refractivity contribution < 1.29 is 19.2 Å². The van der Waals surface area contributed by atoms with Crippen LogP contribution < -0.4 is 20.5 Å². The number of nitrogens with zero attached hydrogens (tertiary/aromatic N) is 1. The molecule has 8 nitrogen and oxygen atoms in total. The Hall–Kier alpha value is -2.71. The Bertz CT molecular complexity index is 764. The molecular weight excluding hydrogens is 336 g/mol. The van der Waals surface area contributed by atoms with E-state index in [0.29, 0.717) is 19.8 Å². The number of morpholine rings is 1. The number of ether oxygens (including phenoxy) is 2. The molecule has 1 atom stereocenters. The molecule has 3 N–H and O–H groups in total. The number of H-pyrrole nitrogens is 1. The molecule has 0 aliphatic carbocycles. The minimum Gasteiger partial charge on any atom is -0.497 e. The molecule has 1 aromatic heterocycles. The van der Waals surface area contributed by atoms with E-state index in [-0.39, 0.29) is 23.2 Å². The summed E-state index contributed by atoms with van der Waals surface area (Å²) in [5.41, 5.74) is 0.975. The van der Waals surface area contributed by atoms with Gasteiger partial charge >= 0.3 is 0 Å². The van der Waals surface area contributed by atoms with Crippen LogP contribution in [0, 0.1) is 0 Å². The molecule has 1 saturated heterocycles. The van der Waals surface area contributed by atoms with Gasteiger partial charge in [-0.2, -0.15) is 5.10 Å². The van der Waals surface area contributed by atoms with Gasteiger partial charge in [0.05, 0.1) is 26.9 Å². The first-order valence-corrected chi connectivity index (χ1v) is 8.57. The van der Waals surface area contributed by atoms with Crippen molar-refractivity contribution in [1.29, 1.82) is 0 Å². The molecule has 0 spiro atoms. The van der Waals surface area contributed by atoms with Crippen LogP contribution in [0.1, 0.15) is 22.1 Å². The van der Waals surface area contributed by atoms with Crippen LogP contribution in [0.4, 0.5) is 0 Å². The summed E-state index contributed by atoms with van der Waals surface area (Å²) in [7, 11) is 1.64. The van der Waals surface area contributed by atoms with Crippen molar-refractivity contribution in [3.63, 3.8) is 0 Å². The minimum atomic E-state index is -0.338. The van der Waals surface area contributed by atoms with Gasteiger partial charge in [0, 0.05) is 11.6 Å². The second-order valence-corrected chi connectivity index (χ2v) is 6.11. The largest absolute Gasteiger partial charge is 0.497 e. The van der Waals surface area contributed by atoms with Crippen LogP contribution >= 0.6 is 0 Å². The number of nitrogens with one attached hydrogen (secondary N) is 3. The number of hydrogen-bond donors (Lipinski definition) is 3. The number of aromatic amines is 1. The molecule has 1 fully saturated rings. The standard InChI is InChI=1S/C18H22N4O4/c1-25-14-4-2-13(3-5-14)16(22-8-10-26-11-9-22)12-19-18(24)15-6-7-17(23)21-20-15/h2-7,16H,8-12H2,1H3,(H,19,24)(H,21,23)/p+1/t16-/m0/s1. The van der Waals surface area contributed by atoms with Gasteiger partial charge in [0.1, 0.15) is 30.6 Å². The average molecular weight is 359 g/mol. The summed E-state index contributed by atoms with van der Waals surface area (Å²) < 4.78 is 10.7. The molecule has 1 amide bonds. The van der Waals surface area contributed by atoms with Crippen molar-refractivity contribution in [2.24, 2.45) is 0 Å². The molecule has 0 radical (unpaired) electrons. The smallest absolute Gasteiger partial charge is 0.271 e. The molecule has 0 unspecified atom stereocenters. The molecule has 26 heavy (non-hydrogen) atoms. The normalized spacial score (nSPS) is 16.0. The maximum Gasteiger partial charge on any atom is 0.271 e. The van der Waals surface area contributed by atoms with Gasteiger partial charge in [-0.15, -0.1) is 0 Å². The number of benzene rings is 1. The third-order valence-electron chi connectivity index (χ3n) is 4.52. The zero-order chi connectivity index (χ0) is 18.4. The van der Waals surface area contributed by atoms with E-state index in [1.54, 1.807) is 7.11 Å². The second kappa shape index (κ2) is 8.59. The van der Waals surface area contributed by atoms with E-state index >= 15 is 0 Å². The lowest BCUT2D eigenvalue weighted by Gasteiger charge is -2.32. The topological polar surface area (TPSA) is 97.8 Å². The van der Waals surface area contributed by atoms with E-state index in [4.69, 9.17) is 9.47 Å². The lowest BCUT2D eigenvalue weighted by Crippen LogP contribution is -3.15. The number of aromatic nitrogens is 2. The van der Waals surface area contributed by atoms with Crippen molar-refractivity contribution in [2.75, 3.05) is 40.0 Å².